The molecule has 4 nitrogen and oxygen atoms in total. The molecule has 0 aromatic heterocycles. The fourth-order valence-electron chi connectivity index (χ4n) is 0.851. The number of benzene rings is 1. The summed E-state index contributed by atoms with van der Waals surface area (Å²) in [4.78, 5) is 11.2. The highest BCUT2D eigenvalue weighted by atomic mass is 19.1. The third-order valence-corrected chi connectivity index (χ3v) is 1.81. The van der Waals surface area contributed by atoms with Gasteiger partial charge in [-0.1, -0.05) is 12.1 Å². The zero-order valence-corrected chi connectivity index (χ0v) is 9.07. The molecule has 0 aliphatic carbocycles. The van der Waals surface area contributed by atoms with Crippen molar-refractivity contribution in [1.82, 2.24) is 5.43 Å². The SMILES string of the molecule is CC(C)(O)C(=O)NN=Cc1ccc(F)cc1. The summed E-state index contributed by atoms with van der Waals surface area (Å²) in [6, 6.07) is 5.63. The van der Waals surface area contributed by atoms with Crippen molar-refractivity contribution in [2.45, 2.75) is 19.4 Å². The Morgan fingerprint density at radius 2 is 2.00 bits per heavy atom. The summed E-state index contributed by atoms with van der Waals surface area (Å²) >= 11 is 0. The predicted octanol–water partition coefficient (Wildman–Crippen LogP) is 1.05. The van der Waals surface area contributed by atoms with E-state index in [0.29, 0.717) is 5.56 Å². The molecule has 0 radical (unpaired) electrons. The number of carbonyl (C=O) groups is 1. The van der Waals surface area contributed by atoms with Gasteiger partial charge in [0.2, 0.25) is 0 Å². The summed E-state index contributed by atoms with van der Waals surface area (Å²) in [5, 5.41) is 12.9. The summed E-state index contributed by atoms with van der Waals surface area (Å²) < 4.78 is 12.5. The normalized spacial score (nSPS) is 11.8. The maximum absolute atomic E-state index is 12.5. The molecule has 0 heterocycles. The van der Waals surface area contributed by atoms with Crippen LogP contribution < -0.4 is 5.43 Å². The smallest absolute Gasteiger partial charge is 0.271 e. The number of nitrogens with zero attached hydrogens (tertiary/aromatic N) is 1. The number of hydrogen-bond acceptors (Lipinski definition) is 3. The van der Waals surface area contributed by atoms with E-state index in [4.69, 9.17) is 0 Å². The molecule has 0 saturated carbocycles. The van der Waals surface area contributed by atoms with Crippen molar-refractivity contribution in [2.24, 2.45) is 5.10 Å². The van der Waals surface area contributed by atoms with Gasteiger partial charge in [-0.3, -0.25) is 4.79 Å². The molecule has 1 amide bonds. The summed E-state index contributed by atoms with van der Waals surface area (Å²) in [6.45, 7) is 2.71. The van der Waals surface area contributed by atoms with Crippen LogP contribution in [-0.4, -0.2) is 22.8 Å². The van der Waals surface area contributed by atoms with Crippen molar-refractivity contribution in [3.63, 3.8) is 0 Å². The van der Waals surface area contributed by atoms with Crippen LogP contribution in [0.4, 0.5) is 4.39 Å². The first-order valence-electron chi connectivity index (χ1n) is 4.71. The van der Waals surface area contributed by atoms with Gasteiger partial charge < -0.3 is 5.11 Å². The molecule has 16 heavy (non-hydrogen) atoms. The maximum Gasteiger partial charge on any atom is 0.271 e. The number of hydrogen-bond donors (Lipinski definition) is 2. The van der Waals surface area contributed by atoms with Crippen LogP contribution in [0.5, 0.6) is 0 Å². The largest absolute Gasteiger partial charge is 0.381 e. The van der Waals surface area contributed by atoms with Gasteiger partial charge in [-0.25, -0.2) is 9.82 Å². The van der Waals surface area contributed by atoms with E-state index in [1.807, 2.05) is 0 Å². The maximum atomic E-state index is 12.5. The van der Waals surface area contributed by atoms with Gasteiger partial charge in [0.25, 0.3) is 5.91 Å². The number of halogens is 1. The van der Waals surface area contributed by atoms with E-state index in [0.717, 1.165) is 0 Å². The summed E-state index contributed by atoms with van der Waals surface area (Å²) in [7, 11) is 0. The average Bonchev–Trinajstić information content (AvgIpc) is 2.19. The minimum Gasteiger partial charge on any atom is -0.381 e. The third-order valence-electron chi connectivity index (χ3n) is 1.81. The Morgan fingerprint density at radius 3 is 2.50 bits per heavy atom. The Bertz CT molecular complexity index is 393. The van der Waals surface area contributed by atoms with Crippen LogP contribution in [0.2, 0.25) is 0 Å². The minimum absolute atomic E-state index is 0.335. The lowest BCUT2D eigenvalue weighted by Crippen LogP contribution is -2.39. The number of amides is 1. The molecule has 1 rings (SSSR count). The number of carbonyl (C=O) groups excluding carboxylic acids is 1. The quantitative estimate of drug-likeness (QED) is 0.595. The van der Waals surface area contributed by atoms with E-state index < -0.39 is 11.5 Å². The molecule has 0 unspecified atom stereocenters. The summed E-state index contributed by atoms with van der Waals surface area (Å²) in [5.74, 6) is -0.941. The second-order valence-electron chi connectivity index (χ2n) is 3.81. The Morgan fingerprint density at radius 1 is 1.44 bits per heavy atom. The van der Waals surface area contributed by atoms with Gasteiger partial charge in [0.15, 0.2) is 0 Å². The fraction of sp³-hybridized carbons (Fsp3) is 0.273. The summed E-state index contributed by atoms with van der Waals surface area (Å²) in [5.41, 5.74) is 1.35. The number of nitrogens with one attached hydrogen (secondary N) is 1. The van der Waals surface area contributed by atoms with Crippen LogP contribution in [0, 0.1) is 5.82 Å². The minimum atomic E-state index is -1.47. The van der Waals surface area contributed by atoms with Crippen LogP contribution in [0.15, 0.2) is 29.4 Å². The lowest BCUT2D eigenvalue weighted by molar-refractivity contribution is -0.136. The van der Waals surface area contributed by atoms with Crippen molar-refractivity contribution in [2.75, 3.05) is 0 Å². The van der Waals surface area contributed by atoms with Crippen LogP contribution in [0.25, 0.3) is 0 Å². The molecule has 1 aromatic carbocycles. The van der Waals surface area contributed by atoms with Crippen LogP contribution in [0.3, 0.4) is 0 Å². The van der Waals surface area contributed by atoms with Crippen molar-refractivity contribution >= 4 is 12.1 Å². The second-order valence-corrected chi connectivity index (χ2v) is 3.81. The molecule has 0 atom stereocenters. The first-order chi connectivity index (χ1) is 7.39. The number of aliphatic hydroxyl groups is 1. The Labute approximate surface area is 92.8 Å². The second kappa shape index (κ2) is 4.85. The monoisotopic (exact) mass is 224 g/mol. The van der Waals surface area contributed by atoms with E-state index in [9.17, 15) is 14.3 Å². The van der Waals surface area contributed by atoms with E-state index in [2.05, 4.69) is 10.5 Å². The highest BCUT2D eigenvalue weighted by Gasteiger charge is 2.22. The molecule has 1 aromatic rings. The van der Waals surface area contributed by atoms with E-state index in [1.54, 1.807) is 0 Å². The van der Waals surface area contributed by atoms with Crippen LogP contribution in [0.1, 0.15) is 19.4 Å². The molecule has 0 spiro atoms. The molecule has 0 fully saturated rings. The molecule has 5 heteroatoms. The Balaban J connectivity index is 2.56. The van der Waals surface area contributed by atoms with Crippen LogP contribution in [-0.2, 0) is 4.79 Å². The molecule has 86 valence electrons. The fourth-order valence-corrected chi connectivity index (χ4v) is 0.851. The van der Waals surface area contributed by atoms with Gasteiger partial charge in [0.05, 0.1) is 6.21 Å². The molecule has 0 aliphatic heterocycles. The van der Waals surface area contributed by atoms with Crippen molar-refractivity contribution in [3.8, 4) is 0 Å². The zero-order valence-electron chi connectivity index (χ0n) is 9.07. The van der Waals surface area contributed by atoms with E-state index in [-0.39, 0.29) is 5.82 Å². The molecule has 2 N–H and O–H groups in total. The third kappa shape index (κ3) is 3.78. The van der Waals surface area contributed by atoms with Crippen molar-refractivity contribution in [1.29, 1.82) is 0 Å². The molecule has 0 bridgehead atoms. The van der Waals surface area contributed by atoms with Crippen molar-refractivity contribution in [3.05, 3.63) is 35.6 Å². The van der Waals surface area contributed by atoms with Gasteiger partial charge in [-0.2, -0.15) is 5.10 Å². The first kappa shape index (κ1) is 12.3. The van der Waals surface area contributed by atoms with Gasteiger partial charge in [-0.15, -0.1) is 0 Å². The number of hydrazone groups is 1. The highest BCUT2D eigenvalue weighted by Crippen LogP contribution is 2.01. The van der Waals surface area contributed by atoms with Crippen LogP contribution >= 0.6 is 0 Å². The van der Waals surface area contributed by atoms with Gasteiger partial charge in [-0.05, 0) is 31.5 Å². The lowest BCUT2D eigenvalue weighted by Gasteiger charge is -2.13. The molecule has 0 aliphatic rings. The molecular weight excluding hydrogens is 211 g/mol. The predicted molar refractivity (Wildman–Crippen MR) is 58.4 cm³/mol. The van der Waals surface area contributed by atoms with Gasteiger partial charge in [0.1, 0.15) is 11.4 Å². The number of rotatable bonds is 3. The van der Waals surface area contributed by atoms with E-state index >= 15 is 0 Å². The van der Waals surface area contributed by atoms with Gasteiger partial charge in [0, 0.05) is 0 Å². The first-order valence-corrected chi connectivity index (χ1v) is 4.71. The topological polar surface area (TPSA) is 61.7 Å². The summed E-state index contributed by atoms with van der Waals surface area (Å²) in [6.07, 6.45) is 1.36. The Kier molecular flexibility index (Phi) is 3.73. The molecular formula is C11H13FN2O2. The zero-order chi connectivity index (χ0) is 12.2. The van der Waals surface area contributed by atoms with Gasteiger partial charge >= 0.3 is 0 Å². The van der Waals surface area contributed by atoms with Crippen molar-refractivity contribution < 1.29 is 14.3 Å². The van der Waals surface area contributed by atoms with E-state index in [1.165, 1.54) is 44.3 Å². The highest BCUT2D eigenvalue weighted by molar-refractivity contribution is 5.86. The lowest BCUT2D eigenvalue weighted by atomic mass is 10.1. The molecule has 0 saturated heterocycles. The average molecular weight is 224 g/mol. The standard InChI is InChI=1S/C11H13FN2O2/c1-11(2,16)10(15)14-13-7-8-3-5-9(12)6-4-8/h3-7,16H,1-2H3,(H,14,15). The Hall–Kier alpha value is -1.75.